The average Bonchev–Trinajstić information content (AvgIpc) is 3.30. The molecule has 0 radical (unpaired) electrons. The van der Waals surface area contributed by atoms with Gasteiger partial charge in [-0.3, -0.25) is 9.89 Å². The second-order valence-corrected chi connectivity index (χ2v) is 6.72. The highest BCUT2D eigenvalue weighted by atomic mass is 32.2. The van der Waals surface area contributed by atoms with Gasteiger partial charge in [0.25, 0.3) is 0 Å². The number of carbonyl (C=O) groups is 1. The van der Waals surface area contributed by atoms with Gasteiger partial charge in [0.2, 0.25) is 11.0 Å². The lowest BCUT2D eigenvalue weighted by Gasteiger charge is -2.03. The summed E-state index contributed by atoms with van der Waals surface area (Å²) < 4.78 is 14.3. The van der Waals surface area contributed by atoms with Gasteiger partial charge in [-0.1, -0.05) is 11.8 Å². The van der Waals surface area contributed by atoms with Crippen molar-refractivity contribution in [2.75, 3.05) is 11.6 Å². The standard InChI is InChI=1S/C16H15FN6OS/c17-10-6-4-9(5-7-10)13(24)8-25-16-22-21-15(23(16)18)14-11-2-1-3-12(11)19-20-14/h4-7H,1-3,8,18H2,(H,19,20). The Morgan fingerprint density at radius 2 is 2.08 bits per heavy atom. The number of benzene rings is 1. The Balaban J connectivity index is 1.50. The van der Waals surface area contributed by atoms with Gasteiger partial charge in [0.1, 0.15) is 11.5 Å². The summed E-state index contributed by atoms with van der Waals surface area (Å²) in [4.78, 5) is 12.2. The minimum Gasteiger partial charge on any atom is -0.335 e. The Morgan fingerprint density at radius 1 is 1.28 bits per heavy atom. The predicted molar refractivity (Wildman–Crippen MR) is 91.2 cm³/mol. The molecule has 0 saturated heterocycles. The Labute approximate surface area is 146 Å². The van der Waals surface area contributed by atoms with E-state index in [2.05, 4.69) is 20.4 Å². The van der Waals surface area contributed by atoms with Gasteiger partial charge in [0, 0.05) is 16.8 Å². The lowest BCUT2D eigenvalue weighted by atomic mass is 10.1. The second kappa shape index (κ2) is 6.32. The maximum Gasteiger partial charge on any atom is 0.210 e. The van der Waals surface area contributed by atoms with Crippen LogP contribution in [0.4, 0.5) is 4.39 Å². The molecule has 1 aromatic carbocycles. The first kappa shape index (κ1) is 15.8. The number of fused-ring (bicyclic) bond motifs is 1. The number of rotatable bonds is 5. The van der Waals surface area contributed by atoms with Crippen molar-refractivity contribution in [2.24, 2.45) is 0 Å². The van der Waals surface area contributed by atoms with Crippen LogP contribution in [0.25, 0.3) is 11.5 Å². The first-order valence-electron chi connectivity index (χ1n) is 7.82. The van der Waals surface area contributed by atoms with Crippen molar-refractivity contribution < 1.29 is 9.18 Å². The van der Waals surface area contributed by atoms with Crippen LogP contribution >= 0.6 is 11.8 Å². The first-order valence-corrected chi connectivity index (χ1v) is 8.80. The highest BCUT2D eigenvalue weighted by Gasteiger charge is 2.24. The first-order chi connectivity index (χ1) is 12.1. The number of aryl methyl sites for hydroxylation is 1. The normalized spacial score (nSPS) is 13.2. The third-order valence-corrected chi connectivity index (χ3v) is 5.12. The largest absolute Gasteiger partial charge is 0.335 e. The van der Waals surface area contributed by atoms with E-state index in [9.17, 15) is 9.18 Å². The molecular weight excluding hydrogens is 343 g/mol. The van der Waals surface area contributed by atoms with Gasteiger partial charge < -0.3 is 5.84 Å². The molecule has 1 aliphatic rings. The fraction of sp³-hybridized carbons (Fsp3) is 0.250. The summed E-state index contributed by atoms with van der Waals surface area (Å²) in [5, 5.41) is 15.9. The minimum atomic E-state index is -0.373. The number of aromatic amines is 1. The Kier molecular flexibility index (Phi) is 4.00. The molecule has 0 amide bonds. The highest BCUT2D eigenvalue weighted by molar-refractivity contribution is 7.99. The fourth-order valence-corrected chi connectivity index (χ4v) is 3.64. The number of nitrogens with two attached hydrogens (primary N) is 1. The molecule has 2 heterocycles. The van der Waals surface area contributed by atoms with Crippen LogP contribution in [0.1, 0.15) is 28.0 Å². The number of halogens is 1. The zero-order chi connectivity index (χ0) is 17.4. The summed E-state index contributed by atoms with van der Waals surface area (Å²) in [7, 11) is 0. The molecule has 1 aliphatic carbocycles. The van der Waals surface area contributed by atoms with Crippen LogP contribution in [0.3, 0.4) is 0 Å². The van der Waals surface area contributed by atoms with E-state index in [-0.39, 0.29) is 17.4 Å². The van der Waals surface area contributed by atoms with Gasteiger partial charge in [0.05, 0.1) is 5.75 Å². The lowest BCUT2D eigenvalue weighted by Crippen LogP contribution is -2.13. The van der Waals surface area contributed by atoms with E-state index in [0.717, 1.165) is 36.2 Å². The van der Waals surface area contributed by atoms with Crippen molar-refractivity contribution in [3.63, 3.8) is 0 Å². The van der Waals surface area contributed by atoms with Crippen molar-refractivity contribution in [3.8, 4) is 11.5 Å². The number of hydrogen-bond donors (Lipinski definition) is 2. The molecule has 0 atom stereocenters. The SMILES string of the molecule is Nn1c(SCC(=O)c2ccc(F)cc2)nnc1-c1n[nH]c2c1CCC2. The molecule has 0 bridgehead atoms. The number of Topliss-reactive ketones (excluding diaryl/α,β-unsaturated/α-hetero) is 1. The van der Waals surface area contributed by atoms with Gasteiger partial charge in [-0.25, -0.2) is 9.07 Å². The maximum atomic E-state index is 12.9. The van der Waals surface area contributed by atoms with E-state index in [0.29, 0.717) is 16.5 Å². The van der Waals surface area contributed by atoms with Crippen LogP contribution in [0.15, 0.2) is 29.4 Å². The monoisotopic (exact) mass is 358 g/mol. The van der Waals surface area contributed by atoms with E-state index in [1.165, 1.54) is 40.7 Å². The quantitative estimate of drug-likeness (QED) is 0.411. The van der Waals surface area contributed by atoms with Gasteiger partial charge >= 0.3 is 0 Å². The number of nitrogens with one attached hydrogen (secondary N) is 1. The molecule has 2 aromatic heterocycles. The molecule has 0 spiro atoms. The molecule has 3 aromatic rings. The molecule has 128 valence electrons. The summed E-state index contributed by atoms with van der Waals surface area (Å²) in [6.45, 7) is 0. The van der Waals surface area contributed by atoms with E-state index in [4.69, 9.17) is 5.84 Å². The Morgan fingerprint density at radius 3 is 2.88 bits per heavy atom. The summed E-state index contributed by atoms with van der Waals surface area (Å²) in [6.07, 6.45) is 3.01. The second-order valence-electron chi connectivity index (χ2n) is 5.78. The van der Waals surface area contributed by atoms with Crippen LogP contribution in [0.2, 0.25) is 0 Å². The molecular formula is C16H15FN6OS. The molecule has 7 nitrogen and oxygen atoms in total. The van der Waals surface area contributed by atoms with E-state index in [1.807, 2.05) is 0 Å². The van der Waals surface area contributed by atoms with E-state index < -0.39 is 0 Å². The average molecular weight is 358 g/mol. The van der Waals surface area contributed by atoms with Crippen molar-refractivity contribution in [1.82, 2.24) is 25.1 Å². The molecule has 0 unspecified atom stereocenters. The fourth-order valence-electron chi connectivity index (χ4n) is 2.89. The number of aromatic nitrogens is 5. The van der Waals surface area contributed by atoms with Gasteiger partial charge in [0.15, 0.2) is 5.78 Å². The third kappa shape index (κ3) is 2.91. The number of hydrogen-bond acceptors (Lipinski definition) is 6. The Hall–Kier alpha value is -2.68. The van der Waals surface area contributed by atoms with Crippen LogP contribution < -0.4 is 5.84 Å². The summed E-state index contributed by atoms with van der Waals surface area (Å²) in [5.41, 5.74) is 3.43. The number of carbonyl (C=O) groups excluding carboxylic acids is 1. The van der Waals surface area contributed by atoms with Crippen molar-refractivity contribution in [1.29, 1.82) is 0 Å². The smallest absolute Gasteiger partial charge is 0.210 e. The maximum absolute atomic E-state index is 12.9. The van der Waals surface area contributed by atoms with Crippen molar-refractivity contribution >= 4 is 17.5 Å². The zero-order valence-corrected chi connectivity index (χ0v) is 14.0. The third-order valence-electron chi connectivity index (χ3n) is 4.18. The molecule has 4 rings (SSSR count). The molecule has 0 aliphatic heterocycles. The molecule has 9 heteroatoms. The summed E-state index contributed by atoms with van der Waals surface area (Å²) in [5.74, 6) is 6.21. The lowest BCUT2D eigenvalue weighted by molar-refractivity contribution is 0.102. The molecule has 0 fully saturated rings. The van der Waals surface area contributed by atoms with Crippen LogP contribution in [0, 0.1) is 5.82 Å². The summed E-state index contributed by atoms with van der Waals surface area (Å²) in [6, 6.07) is 5.45. The number of nitrogen functional groups attached to an aromatic ring is 1. The number of ketones is 1. The van der Waals surface area contributed by atoms with Crippen LogP contribution in [-0.4, -0.2) is 36.6 Å². The Bertz CT molecular complexity index is 933. The van der Waals surface area contributed by atoms with Crippen LogP contribution in [-0.2, 0) is 12.8 Å². The molecule has 0 saturated carbocycles. The van der Waals surface area contributed by atoms with E-state index >= 15 is 0 Å². The molecule has 3 N–H and O–H groups in total. The highest BCUT2D eigenvalue weighted by Crippen LogP contribution is 2.30. The van der Waals surface area contributed by atoms with E-state index in [1.54, 1.807) is 0 Å². The number of H-pyrrole nitrogens is 1. The van der Waals surface area contributed by atoms with Gasteiger partial charge in [-0.15, -0.1) is 10.2 Å². The number of thioether (sulfide) groups is 1. The van der Waals surface area contributed by atoms with Gasteiger partial charge in [-0.2, -0.15) is 5.10 Å². The zero-order valence-electron chi connectivity index (χ0n) is 13.2. The minimum absolute atomic E-state index is 0.129. The topological polar surface area (TPSA) is 102 Å². The van der Waals surface area contributed by atoms with Gasteiger partial charge in [-0.05, 0) is 43.5 Å². The van der Waals surface area contributed by atoms with Crippen LogP contribution in [0.5, 0.6) is 0 Å². The molecule has 25 heavy (non-hydrogen) atoms. The summed E-state index contributed by atoms with van der Waals surface area (Å²) >= 11 is 1.19. The van der Waals surface area contributed by atoms with Crippen molar-refractivity contribution in [3.05, 3.63) is 46.9 Å². The van der Waals surface area contributed by atoms with Crippen molar-refractivity contribution in [2.45, 2.75) is 24.4 Å². The predicted octanol–water partition coefficient (Wildman–Crippen LogP) is 1.98. The number of nitrogens with zero attached hydrogens (tertiary/aromatic N) is 4.